The second-order valence-corrected chi connectivity index (χ2v) is 13.5. The van der Waals surface area contributed by atoms with Crippen molar-refractivity contribution in [3.05, 3.63) is 159 Å². The first kappa shape index (κ1) is 36.2. The lowest BCUT2D eigenvalue weighted by molar-refractivity contribution is -0.140. The first-order chi connectivity index (χ1) is 24.4. The van der Waals surface area contributed by atoms with Crippen LogP contribution in [0.1, 0.15) is 35.2 Å². The van der Waals surface area contributed by atoms with Gasteiger partial charge in [0.2, 0.25) is 0 Å². The van der Waals surface area contributed by atoms with Crippen molar-refractivity contribution in [3.8, 4) is 11.5 Å². The predicted octanol–water partition coefficient (Wildman–Crippen LogP) is 8.46. The molecule has 0 aliphatic carbocycles. The van der Waals surface area contributed by atoms with Gasteiger partial charge < -0.3 is 14.2 Å². The highest BCUT2D eigenvalue weighted by molar-refractivity contribution is 7.07. The minimum Gasteiger partial charge on any atom is -0.489 e. The topological polar surface area (TPSA) is 79.1 Å². The standard InChI is InChI=1S/C37H26Cl3F3N2O5S/c1-2-48-35(47)31-32(23-9-12-25(38)13-10-23)45-34(46)30(51-36(45)44-33(31)37(41,42)43)17-24-11-14-28(49-19-21-5-3-7-26(39)15-21)18-29(24)50-20-22-6-4-8-27(40)16-22/h3-18,32H,2,19-20H2,1H3/b30-17+/t32-/m1/s1. The fourth-order valence-corrected chi connectivity index (χ4v) is 6.92. The number of carbonyl (C=O) groups is 1. The van der Waals surface area contributed by atoms with Crippen LogP contribution in [-0.4, -0.2) is 23.3 Å². The molecule has 262 valence electrons. The summed E-state index contributed by atoms with van der Waals surface area (Å²) in [5, 5.41) is 1.40. The zero-order valence-corrected chi connectivity index (χ0v) is 29.6. The molecule has 5 aromatic rings. The molecule has 1 aliphatic rings. The number of hydrogen-bond acceptors (Lipinski definition) is 7. The van der Waals surface area contributed by atoms with Crippen molar-refractivity contribution in [1.29, 1.82) is 0 Å². The van der Waals surface area contributed by atoms with Gasteiger partial charge in [0.05, 0.1) is 22.8 Å². The van der Waals surface area contributed by atoms with Crippen LogP contribution in [0.2, 0.25) is 15.1 Å². The number of thiazole rings is 1. The van der Waals surface area contributed by atoms with Gasteiger partial charge in [0.25, 0.3) is 5.56 Å². The van der Waals surface area contributed by atoms with Crippen molar-refractivity contribution in [1.82, 2.24) is 4.57 Å². The van der Waals surface area contributed by atoms with Crippen LogP contribution in [0.3, 0.4) is 0 Å². The molecule has 0 amide bonds. The summed E-state index contributed by atoms with van der Waals surface area (Å²) in [4.78, 5) is 30.8. The Kier molecular flexibility index (Phi) is 10.9. The Balaban J connectivity index is 1.47. The molecule has 0 bridgehead atoms. The molecule has 2 heterocycles. The Morgan fingerprint density at radius 3 is 2.14 bits per heavy atom. The first-order valence-corrected chi connectivity index (χ1v) is 17.3. The molecule has 0 saturated heterocycles. The largest absolute Gasteiger partial charge is 0.489 e. The average Bonchev–Trinajstić information content (AvgIpc) is 3.40. The Labute approximate surface area is 308 Å². The van der Waals surface area contributed by atoms with E-state index < -0.39 is 35.0 Å². The lowest BCUT2D eigenvalue weighted by Gasteiger charge is -2.26. The SMILES string of the molecule is CCOC(=O)C1=C(C(F)(F)F)N=c2s/c(=C/c3ccc(OCc4cccc(Cl)c4)cc3OCc3cccc(Cl)c3)c(=O)n2[C@@H]1c1ccc(Cl)cc1. The molecular formula is C37H26Cl3F3N2O5S. The van der Waals surface area contributed by atoms with E-state index >= 15 is 0 Å². The summed E-state index contributed by atoms with van der Waals surface area (Å²) in [5.41, 5.74) is -0.682. The van der Waals surface area contributed by atoms with Gasteiger partial charge in [0.15, 0.2) is 10.5 Å². The fourth-order valence-electron chi connectivity index (χ4n) is 5.37. The lowest BCUT2D eigenvalue weighted by Crippen LogP contribution is -2.41. The van der Waals surface area contributed by atoms with Gasteiger partial charge in [-0.3, -0.25) is 9.36 Å². The van der Waals surface area contributed by atoms with E-state index in [9.17, 15) is 22.8 Å². The molecule has 1 atom stereocenters. The summed E-state index contributed by atoms with van der Waals surface area (Å²) >= 11 is 19.1. The molecule has 0 spiro atoms. The second kappa shape index (κ2) is 15.4. The molecule has 0 unspecified atom stereocenters. The fraction of sp³-hybridized carbons (Fsp3) is 0.162. The maximum absolute atomic E-state index is 14.5. The zero-order valence-electron chi connectivity index (χ0n) is 26.5. The molecular weight excluding hydrogens is 748 g/mol. The van der Waals surface area contributed by atoms with Crippen LogP contribution in [0.5, 0.6) is 11.5 Å². The maximum atomic E-state index is 14.5. The van der Waals surface area contributed by atoms with E-state index in [2.05, 4.69) is 4.99 Å². The number of benzene rings is 4. The zero-order chi connectivity index (χ0) is 36.3. The van der Waals surface area contributed by atoms with Gasteiger partial charge in [0, 0.05) is 26.7 Å². The Morgan fingerprint density at radius 1 is 0.882 bits per heavy atom. The molecule has 7 nitrogen and oxygen atoms in total. The summed E-state index contributed by atoms with van der Waals surface area (Å²) in [6.07, 6.45) is -3.54. The van der Waals surface area contributed by atoms with Gasteiger partial charge in [-0.2, -0.15) is 13.2 Å². The molecule has 51 heavy (non-hydrogen) atoms. The van der Waals surface area contributed by atoms with E-state index in [0.29, 0.717) is 32.1 Å². The highest BCUT2D eigenvalue weighted by Gasteiger charge is 2.45. The van der Waals surface area contributed by atoms with Gasteiger partial charge in [-0.1, -0.05) is 82.5 Å². The van der Waals surface area contributed by atoms with Crippen molar-refractivity contribution in [2.24, 2.45) is 4.99 Å². The normalized spacial score (nSPS) is 14.6. The van der Waals surface area contributed by atoms with Crippen molar-refractivity contribution in [2.45, 2.75) is 32.4 Å². The molecule has 0 fully saturated rings. The molecule has 4 aromatic carbocycles. The number of nitrogens with zero attached hydrogens (tertiary/aromatic N) is 2. The summed E-state index contributed by atoms with van der Waals surface area (Å²) in [6, 6.07) is 23.6. The molecule has 1 aliphatic heterocycles. The lowest BCUT2D eigenvalue weighted by atomic mass is 9.95. The number of allylic oxidation sites excluding steroid dienone is 1. The number of esters is 1. The number of aromatic nitrogens is 1. The number of rotatable bonds is 10. The summed E-state index contributed by atoms with van der Waals surface area (Å²) in [5.74, 6) is -0.471. The van der Waals surface area contributed by atoms with Crippen LogP contribution in [0.4, 0.5) is 13.2 Å². The monoisotopic (exact) mass is 772 g/mol. The number of alkyl halides is 3. The number of carbonyl (C=O) groups excluding carboxylic acids is 1. The van der Waals surface area contributed by atoms with E-state index in [-0.39, 0.29) is 34.7 Å². The highest BCUT2D eigenvalue weighted by Crippen LogP contribution is 2.38. The molecule has 1 aromatic heterocycles. The van der Waals surface area contributed by atoms with E-state index in [1.807, 2.05) is 18.2 Å². The van der Waals surface area contributed by atoms with Crippen LogP contribution < -0.4 is 24.4 Å². The molecule has 6 rings (SSSR count). The Hall–Kier alpha value is -4.55. The van der Waals surface area contributed by atoms with E-state index in [0.717, 1.165) is 27.0 Å². The van der Waals surface area contributed by atoms with Crippen molar-refractivity contribution in [2.75, 3.05) is 6.61 Å². The van der Waals surface area contributed by atoms with Crippen LogP contribution in [-0.2, 0) is 22.7 Å². The third kappa shape index (κ3) is 8.34. The summed E-state index contributed by atoms with van der Waals surface area (Å²) < 4.78 is 61.9. The van der Waals surface area contributed by atoms with E-state index in [1.165, 1.54) is 37.3 Å². The summed E-state index contributed by atoms with van der Waals surface area (Å²) in [7, 11) is 0. The molecule has 0 saturated carbocycles. The van der Waals surface area contributed by atoms with Gasteiger partial charge in [-0.25, -0.2) is 9.79 Å². The number of hydrogen-bond donors (Lipinski definition) is 0. The molecule has 0 radical (unpaired) electrons. The summed E-state index contributed by atoms with van der Waals surface area (Å²) in [6.45, 7) is 1.59. The van der Waals surface area contributed by atoms with Gasteiger partial charge in [-0.15, -0.1) is 0 Å². The second-order valence-electron chi connectivity index (χ2n) is 11.2. The van der Waals surface area contributed by atoms with Crippen LogP contribution in [0.15, 0.2) is 112 Å². The minimum absolute atomic E-state index is 0.0412. The maximum Gasteiger partial charge on any atom is 0.434 e. The third-order valence-electron chi connectivity index (χ3n) is 7.63. The van der Waals surface area contributed by atoms with Crippen LogP contribution >= 0.6 is 46.1 Å². The van der Waals surface area contributed by atoms with E-state index in [4.69, 9.17) is 49.0 Å². The van der Waals surface area contributed by atoms with Crippen molar-refractivity contribution >= 4 is 58.2 Å². The molecule has 14 heteroatoms. The predicted molar refractivity (Wildman–Crippen MR) is 190 cm³/mol. The number of fused-ring (bicyclic) bond motifs is 1. The first-order valence-electron chi connectivity index (χ1n) is 15.4. The smallest absolute Gasteiger partial charge is 0.434 e. The highest BCUT2D eigenvalue weighted by atomic mass is 35.5. The molecule has 0 N–H and O–H groups in total. The minimum atomic E-state index is -5.04. The van der Waals surface area contributed by atoms with Crippen molar-refractivity contribution in [3.63, 3.8) is 0 Å². The van der Waals surface area contributed by atoms with Crippen LogP contribution in [0, 0.1) is 0 Å². The Morgan fingerprint density at radius 2 is 1.53 bits per heavy atom. The third-order valence-corrected chi connectivity index (χ3v) is 9.34. The van der Waals surface area contributed by atoms with Gasteiger partial charge in [0.1, 0.15) is 24.7 Å². The van der Waals surface area contributed by atoms with Gasteiger partial charge >= 0.3 is 12.1 Å². The van der Waals surface area contributed by atoms with E-state index in [1.54, 1.807) is 48.5 Å². The average molecular weight is 774 g/mol. The quantitative estimate of drug-likeness (QED) is 0.133. The number of halogens is 6. The van der Waals surface area contributed by atoms with Gasteiger partial charge in [-0.05, 0) is 78.2 Å². The van der Waals surface area contributed by atoms with Crippen LogP contribution in [0.25, 0.3) is 6.08 Å². The van der Waals surface area contributed by atoms with Crippen molar-refractivity contribution < 1.29 is 32.2 Å². The Bertz CT molecular complexity index is 2320. The number of ether oxygens (including phenoxy) is 3.